The summed E-state index contributed by atoms with van der Waals surface area (Å²) in [6.07, 6.45) is 0. The van der Waals surface area contributed by atoms with E-state index in [-0.39, 0.29) is 25.8 Å². The Kier molecular flexibility index (Phi) is 5.34. The standard InChI is InChI=1S/AsH3O4.In.3H/c2-1(3,4)5;;;;/h(H3,2,3,4,5);;;;. The molecule has 0 heterocycles. The molecule has 6 heteroatoms. The van der Waals surface area contributed by atoms with E-state index < -0.39 is 14.5 Å². The first-order valence-electron chi connectivity index (χ1n) is 0.783. The van der Waals surface area contributed by atoms with E-state index >= 15 is 0 Å². The second kappa shape index (κ2) is 3.15. The first-order valence-corrected chi connectivity index (χ1v) is 4.07. The SMILES string of the molecule is O=[As](O)(O)O.[InH3]. The fourth-order valence-corrected chi connectivity index (χ4v) is 0. The molecule has 0 aliphatic heterocycles. The molecule has 0 unspecified atom stereocenters. The van der Waals surface area contributed by atoms with Gasteiger partial charge in [0, 0.05) is 0 Å². The van der Waals surface area contributed by atoms with Gasteiger partial charge in [-0.25, -0.2) is 0 Å². The fourth-order valence-electron chi connectivity index (χ4n) is 0. The zero-order valence-electron chi connectivity index (χ0n) is 2.20. The third-order valence-corrected chi connectivity index (χ3v) is 0. The van der Waals surface area contributed by atoms with Crippen LogP contribution in [0.15, 0.2) is 0 Å². The predicted molar refractivity (Wildman–Crippen MR) is 23.0 cm³/mol. The topological polar surface area (TPSA) is 77.8 Å². The van der Waals surface area contributed by atoms with Crippen LogP contribution in [0.5, 0.6) is 0 Å². The Morgan fingerprint density at radius 3 is 1.17 bits per heavy atom. The summed E-state index contributed by atoms with van der Waals surface area (Å²) in [6.45, 7) is 0. The summed E-state index contributed by atoms with van der Waals surface area (Å²) in [5, 5.41) is 0. The molecule has 0 spiro atoms. The molecule has 0 radical (unpaired) electrons. The minimum atomic E-state index is -5.12. The molecular weight excluding hydrogens is 254 g/mol. The van der Waals surface area contributed by atoms with Crippen molar-refractivity contribution in [1.29, 1.82) is 0 Å². The van der Waals surface area contributed by atoms with Crippen LogP contribution in [0.3, 0.4) is 0 Å². The Morgan fingerprint density at radius 1 is 1.17 bits per heavy atom. The van der Waals surface area contributed by atoms with Crippen LogP contribution < -0.4 is 0 Å². The maximum atomic E-state index is 8.94. The Morgan fingerprint density at radius 2 is 1.17 bits per heavy atom. The minimum absolute atomic E-state index is 0. The normalized spacial score (nSPS) is 9.83. The van der Waals surface area contributed by atoms with E-state index in [0.29, 0.717) is 0 Å². The van der Waals surface area contributed by atoms with Crippen molar-refractivity contribution >= 4 is 40.4 Å². The van der Waals surface area contributed by atoms with Crippen molar-refractivity contribution < 1.29 is 16.0 Å². The van der Waals surface area contributed by atoms with E-state index in [0.717, 1.165) is 0 Å². The predicted octanol–water partition coefficient (Wildman–Crippen LogP) is -3.35. The zero-order valence-corrected chi connectivity index (χ0v) is 4.07. The fraction of sp³-hybridized carbons (Fsp3) is 0. The van der Waals surface area contributed by atoms with Gasteiger partial charge in [-0.2, -0.15) is 0 Å². The Balaban J connectivity index is 0. The van der Waals surface area contributed by atoms with Crippen molar-refractivity contribution in [1.82, 2.24) is 0 Å². The first kappa shape index (κ1) is 10.2. The van der Waals surface area contributed by atoms with Gasteiger partial charge in [-0.05, 0) is 0 Å². The van der Waals surface area contributed by atoms with Crippen LogP contribution in [0, 0.1) is 0 Å². The van der Waals surface area contributed by atoms with Crippen molar-refractivity contribution in [3.05, 3.63) is 0 Å². The monoisotopic (exact) mass is 260 g/mol. The third-order valence-electron chi connectivity index (χ3n) is 0. The molecule has 0 aromatic rings. The van der Waals surface area contributed by atoms with Gasteiger partial charge in [-0.15, -0.1) is 0 Å². The van der Waals surface area contributed by atoms with Gasteiger partial charge in [0.25, 0.3) is 0 Å². The molecule has 0 aliphatic rings. The molecule has 3 N–H and O–H groups in total. The molecular formula is H6AsInO4. The van der Waals surface area contributed by atoms with Crippen molar-refractivity contribution in [2.75, 3.05) is 0 Å². The average Bonchev–Trinajstić information content (AvgIpc) is 0.722. The molecule has 0 aromatic heterocycles. The summed E-state index contributed by atoms with van der Waals surface area (Å²) in [5.74, 6) is 0. The quantitative estimate of drug-likeness (QED) is 0.397. The van der Waals surface area contributed by atoms with E-state index in [2.05, 4.69) is 0 Å². The molecule has 0 aliphatic carbocycles. The van der Waals surface area contributed by atoms with Crippen LogP contribution in [0.4, 0.5) is 0 Å². The van der Waals surface area contributed by atoms with Crippen molar-refractivity contribution in [2.45, 2.75) is 0 Å². The third kappa shape index (κ3) is 70.2. The number of hydrogen-bond acceptors (Lipinski definition) is 1. The molecule has 6 heavy (non-hydrogen) atoms. The average molecular weight is 260 g/mol. The van der Waals surface area contributed by atoms with Gasteiger partial charge in [0.1, 0.15) is 0 Å². The summed E-state index contributed by atoms with van der Waals surface area (Å²) in [6, 6.07) is 0. The van der Waals surface area contributed by atoms with Gasteiger partial charge in [-0.1, -0.05) is 0 Å². The summed E-state index contributed by atoms with van der Waals surface area (Å²) in [7, 11) is 0. The van der Waals surface area contributed by atoms with Gasteiger partial charge in [-0.3, -0.25) is 0 Å². The first-order chi connectivity index (χ1) is 2.00. The van der Waals surface area contributed by atoms with E-state index in [1.807, 2.05) is 0 Å². The number of rotatable bonds is 0. The molecule has 0 saturated heterocycles. The molecule has 0 aromatic carbocycles. The summed E-state index contributed by atoms with van der Waals surface area (Å²) >= 11 is -5.12. The van der Waals surface area contributed by atoms with E-state index in [1.54, 1.807) is 0 Å². The second-order valence-corrected chi connectivity index (χ2v) is 2.67. The molecule has 0 rings (SSSR count). The van der Waals surface area contributed by atoms with Gasteiger partial charge >= 0.3 is 56.4 Å². The Hall–Kier alpha value is 1.11. The van der Waals surface area contributed by atoms with Crippen molar-refractivity contribution in [2.24, 2.45) is 0 Å². The van der Waals surface area contributed by atoms with E-state index in [4.69, 9.17) is 16.0 Å². The number of hydrogen-bond donors (Lipinski definition) is 3. The van der Waals surface area contributed by atoms with E-state index in [9.17, 15) is 0 Å². The van der Waals surface area contributed by atoms with Gasteiger partial charge < -0.3 is 0 Å². The van der Waals surface area contributed by atoms with Crippen LogP contribution >= 0.6 is 0 Å². The molecule has 0 amide bonds. The Bertz CT molecular complexity index is 53.7. The summed E-state index contributed by atoms with van der Waals surface area (Å²) < 4.78 is 30.7. The summed E-state index contributed by atoms with van der Waals surface area (Å²) in [4.78, 5) is 0. The van der Waals surface area contributed by atoms with Crippen LogP contribution in [0.2, 0.25) is 0 Å². The second-order valence-electron chi connectivity index (χ2n) is 0.513. The summed E-state index contributed by atoms with van der Waals surface area (Å²) in [5.41, 5.74) is 0. The zero-order chi connectivity index (χ0) is 4.50. The van der Waals surface area contributed by atoms with Crippen LogP contribution in [-0.4, -0.2) is 52.6 Å². The molecule has 0 saturated carbocycles. The maximum absolute atomic E-state index is 8.94. The van der Waals surface area contributed by atoms with Gasteiger partial charge in [0.15, 0.2) is 0 Å². The van der Waals surface area contributed by atoms with Gasteiger partial charge in [0.05, 0.1) is 0 Å². The molecule has 0 bridgehead atoms. The van der Waals surface area contributed by atoms with Crippen LogP contribution in [0.25, 0.3) is 0 Å². The molecule has 4 nitrogen and oxygen atoms in total. The molecule has 0 atom stereocenters. The van der Waals surface area contributed by atoms with Crippen molar-refractivity contribution in [3.63, 3.8) is 0 Å². The van der Waals surface area contributed by atoms with E-state index in [1.165, 1.54) is 0 Å². The van der Waals surface area contributed by atoms with Crippen molar-refractivity contribution in [3.8, 4) is 0 Å². The van der Waals surface area contributed by atoms with Gasteiger partial charge in [0.2, 0.25) is 0 Å². The Labute approximate surface area is 56.3 Å². The molecule has 0 fully saturated rings. The van der Waals surface area contributed by atoms with Crippen LogP contribution in [-0.2, 0) is 3.74 Å². The van der Waals surface area contributed by atoms with Crippen LogP contribution in [0.1, 0.15) is 0 Å². The molecule has 38 valence electrons.